The van der Waals surface area contributed by atoms with Gasteiger partial charge in [0.1, 0.15) is 23.0 Å². The number of hydrogen-bond acceptors (Lipinski definition) is 10. The number of para-hydroxylation sites is 4. The number of hydrogen-bond donors (Lipinski definition) is 0. The molecule has 4 rings (SSSR count). The summed E-state index contributed by atoms with van der Waals surface area (Å²) in [6.45, 7) is 5.73. The van der Waals surface area contributed by atoms with Crippen molar-refractivity contribution in [1.82, 2.24) is 0 Å². The van der Waals surface area contributed by atoms with Crippen LogP contribution in [0.4, 0.5) is 0 Å². The van der Waals surface area contributed by atoms with Crippen LogP contribution in [-0.4, -0.2) is 35.4 Å². The monoisotopic (exact) mass is 984 g/mol. The van der Waals surface area contributed by atoms with E-state index in [4.69, 9.17) is 18.9 Å². The average molecular weight is 985 g/mol. The molecule has 0 fully saturated rings. The van der Waals surface area contributed by atoms with Crippen LogP contribution >= 0.6 is 23.5 Å². The van der Waals surface area contributed by atoms with Gasteiger partial charge in [-0.1, -0.05) is 110 Å². The predicted molar refractivity (Wildman–Crippen MR) is 289 cm³/mol. The molecule has 0 saturated heterocycles. The molecule has 0 aromatic heterocycles. The van der Waals surface area contributed by atoms with Crippen molar-refractivity contribution in [3.05, 3.63) is 142 Å². The third-order valence-corrected chi connectivity index (χ3v) is 11.9. The van der Waals surface area contributed by atoms with E-state index in [1.807, 2.05) is 97.1 Å². The Hall–Kier alpha value is -5.94. The maximum atomic E-state index is 11.2. The number of ether oxygens (including phenoxy) is 4. The van der Waals surface area contributed by atoms with Crippen molar-refractivity contribution in [3.8, 4) is 46.7 Å². The first-order valence-electron chi connectivity index (χ1n) is 24.6. The van der Waals surface area contributed by atoms with E-state index in [1.165, 1.54) is 27.7 Å². The van der Waals surface area contributed by atoms with Crippen LogP contribution in [0.25, 0.3) is 0 Å². The van der Waals surface area contributed by atoms with Gasteiger partial charge in [-0.05, 0) is 147 Å². The van der Waals surface area contributed by atoms with E-state index in [1.54, 1.807) is 23.5 Å². The van der Waals surface area contributed by atoms with Crippen molar-refractivity contribution in [2.24, 2.45) is 0 Å². The van der Waals surface area contributed by atoms with Gasteiger partial charge < -0.3 is 18.9 Å². The number of thioether (sulfide) groups is 2. The molecule has 0 saturated carbocycles. The van der Waals surface area contributed by atoms with E-state index in [2.05, 4.69) is 46.6 Å². The van der Waals surface area contributed by atoms with Gasteiger partial charge in [0.2, 0.25) is 0 Å². The molecular formula is C60H72O8S2. The number of carbonyl (C=O) groups is 4. The van der Waals surface area contributed by atoms with E-state index in [0.29, 0.717) is 23.0 Å². The van der Waals surface area contributed by atoms with E-state index in [9.17, 15) is 19.2 Å². The molecule has 70 heavy (non-hydrogen) atoms. The Balaban J connectivity index is 0.000000370. The molecule has 10 heteroatoms. The minimum absolute atomic E-state index is 0.270. The topological polar surface area (TPSA) is 105 Å². The van der Waals surface area contributed by atoms with Gasteiger partial charge in [0.15, 0.2) is 0 Å². The van der Waals surface area contributed by atoms with E-state index < -0.39 is 0 Å². The number of carbonyl (C=O) groups excluding carboxylic acids is 4. The number of rotatable bonds is 28. The van der Waals surface area contributed by atoms with Crippen LogP contribution in [0.3, 0.4) is 0 Å². The van der Waals surface area contributed by atoms with Crippen LogP contribution in [0, 0.1) is 23.7 Å². The van der Waals surface area contributed by atoms with Crippen molar-refractivity contribution >= 4 is 47.4 Å². The maximum absolute atomic E-state index is 11.2. The summed E-state index contributed by atoms with van der Waals surface area (Å²) in [5.41, 5.74) is 4.34. The number of unbranched alkanes of at least 4 members (excludes halogenated alkanes) is 10. The zero-order valence-electron chi connectivity index (χ0n) is 41.8. The Morgan fingerprint density at radius 3 is 1.01 bits per heavy atom. The molecule has 8 nitrogen and oxygen atoms in total. The summed E-state index contributed by atoms with van der Waals surface area (Å²) < 4.78 is 21.1. The highest BCUT2D eigenvalue weighted by molar-refractivity contribution is 8.04. The van der Waals surface area contributed by atoms with Crippen LogP contribution in [-0.2, 0) is 44.9 Å². The van der Waals surface area contributed by atoms with E-state index in [0.717, 1.165) is 149 Å². The summed E-state index contributed by atoms with van der Waals surface area (Å²) in [5, 5.41) is 4.33. The highest BCUT2D eigenvalue weighted by Crippen LogP contribution is 2.24. The fourth-order valence-corrected chi connectivity index (χ4v) is 8.25. The van der Waals surface area contributed by atoms with Gasteiger partial charge in [-0.25, -0.2) is 0 Å². The molecule has 0 aliphatic rings. The SMILES string of the molecule is CC(=O)Oc1ccccc1CCCCC#CCSCC#CCCCCc1ccccc1OC(C)=O.CC(=O)Oc1ccccc1CCCCCC=CSC=CCCCCCc1ccccc1OC(C)=O. The second kappa shape index (κ2) is 37.9. The van der Waals surface area contributed by atoms with Gasteiger partial charge in [0.25, 0.3) is 0 Å². The molecule has 0 aliphatic carbocycles. The molecule has 0 heterocycles. The smallest absolute Gasteiger partial charge is 0.308 e. The minimum Gasteiger partial charge on any atom is -0.426 e. The molecule has 0 N–H and O–H groups in total. The van der Waals surface area contributed by atoms with Crippen molar-refractivity contribution < 1.29 is 38.1 Å². The number of allylic oxidation sites excluding steroid dienone is 2. The molecule has 0 radical (unpaired) electrons. The number of esters is 4. The fourth-order valence-electron chi connectivity index (χ4n) is 7.15. The lowest BCUT2D eigenvalue weighted by atomic mass is 10.1. The minimum atomic E-state index is -0.287. The van der Waals surface area contributed by atoms with E-state index >= 15 is 0 Å². The Morgan fingerprint density at radius 2 is 0.700 bits per heavy atom. The predicted octanol–water partition coefficient (Wildman–Crippen LogP) is 14.6. The first kappa shape index (κ1) is 58.4. The quantitative estimate of drug-likeness (QED) is 0.0236. The van der Waals surface area contributed by atoms with Crippen molar-refractivity contribution in [2.75, 3.05) is 11.5 Å². The summed E-state index contributed by atoms with van der Waals surface area (Å²) in [4.78, 5) is 44.8. The third kappa shape index (κ3) is 28.5. The van der Waals surface area contributed by atoms with E-state index in [-0.39, 0.29) is 23.9 Å². The Labute approximate surface area is 427 Å². The van der Waals surface area contributed by atoms with Gasteiger partial charge in [-0.15, -0.1) is 35.4 Å². The number of aryl methyl sites for hydroxylation is 4. The maximum Gasteiger partial charge on any atom is 0.308 e. The molecule has 4 aromatic carbocycles. The van der Waals surface area contributed by atoms with Crippen LogP contribution in [0.2, 0.25) is 0 Å². The van der Waals surface area contributed by atoms with Gasteiger partial charge in [0, 0.05) is 40.5 Å². The molecule has 0 bridgehead atoms. The molecular weight excluding hydrogens is 913 g/mol. The lowest BCUT2D eigenvalue weighted by molar-refractivity contribution is -0.132. The zero-order chi connectivity index (χ0) is 50.3. The van der Waals surface area contributed by atoms with Crippen LogP contribution in [0.1, 0.15) is 140 Å². The van der Waals surface area contributed by atoms with Gasteiger partial charge in [0.05, 0.1) is 11.5 Å². The van der Waals surface area contributed by atoms with Crippen molar-refractivity contribution in [3.63, 3.8) is 0 Å². The molecule has 0 aliphatic heterocycles. The summed E-state index contributed by atoms with van der Waals surface area (Å²) in [7, 11) is 0. The Kier molecular flexibility index (Phi) is 31.6. The lowest BCUT2D eigenvalue weighted by Crippen LogP contribution is -2.03. The molecule has 0 atom stereocenters. The second-order valence-corrected chi connectivity index (χ2v) is 18.3. The highest BCUT2D eigenvalue weighted by atomic mass is 32.2. The molecule has 0 spiro atoms. The zero-order valence-corrected chi connectivity index (χ0v) is 43.4. The summed E-state index contributed by atoms with van der Waals surface area (Å²) in [6, 6.07) is 30.9. The fraction of sp³-hybridized carbons (Fsp3) is 0.400. The lowest BCUT2D eigenvalue weighted by Gasteiger charge is -2.08. The molecule has 372 valence electrons. The van der Waals surface area contributed by atoms with Crippen molar-refractivity contribution in [1.29, 1.82) is 0 Å². The van der Waals surface area contributed by atoms with Crippen LogP contribution < -0.4 is 18.9 Å². The van der Waals surface area contributed by atoms with Gasteiger partial charge in [-0.2, -0.15) is 0 Å². The van der Waals surface area contributed by atoms with Crippen molar-refractivity contribution in [2.45, 2.75) is 143 Å². The van der Waals surface area contributed by atoms with Crippen LogP contribution in [0.5, 0.6) is 23.0 Å². The molecule has 4 aromatic rings. The highest BCUT2D eigenvalue weighted by Gasteiger charge is 2.08. The van der Waals surface area contributed by atoms with Gasteiger partial charge in [-0.3, -0.25) is 19.2 Å². The van der Waals surface area contributed by atoms with Gasteiger partial charge >= 0.3 is 23.9 Å². The third-order valence-electron chi connectivity index (χ3n) is 10.5. The standard InChI is InChI=1S/C30H38O4S.C30H34O4S/c2*1-25(31)33-29-21-13-11-19-27(29)17-9-5-3-7-15-23-35-24-16-8-4-6-10-18-28-20-12-14-22-30(28)34-26(2)32/h11-16,19-24H,3-10,17-18H2,1-2H3;11-14,19-22H,3-6,9-10,17-18,23-24H2,1-2H3. The summed E-state index contributed by atoms with van der Waals surface area (Å²) >= 11 is 3.48. The molecule has 0 unspecified atom stereocenters. The second-order valence-electron chi connectivity index (χ2n) is 16.5. The first-order chi connectivity index (χ1) is 34.1. The average Bonchev–Trinajstić information content (AvgIpc) is 3.33. The van der Waals surface area contributed by atoms with Crippen LogP contribution in [0.15, 0.2) is 120 Å². The molecule has 0 amide bonds. The normalized spacial score (nSPS) is 10.6. The number of benzene rings is 4. The Morgan fingerprint density at radius 1 is 0.400 bits per heavy atom. The first-order valence-corrected chi connectivity index (χ1v) is 26.7. The Bertz CT molecular complexity index is 2200. The summed E-state index contributed by atoms with van der Waals surface area (Å²) in [6.07, 6.45) is 22.9. The summed E-state index contributed by atoms with van der Waals surface area (Å²) in [5.74, 6) is 16.1. The largest absolute Gasteiger partial charge is 0.426 e.